The number of hydrogen-bond acceptors (Lipinski definition) is 8. The van der Waals surface area contributed by atoms with E-state index in [0.29, 0.717) is 37.5 Å². The van der Waals surface area contributed by atoms with Crippen molar-refractivity contribution in [2.24, 2.45) is 5.84 Å². The lowest BCUT2D eigenvalue weighted by atomic mass is 9.91. The maximum absolute atomic E-state index is 9.07. The molecule has 0 unspecified atom stereocenters. The largest absolute Gasteiger partial charge is 0.463 e. The highest BCUT2D eigenvalue weighted by atomic mass is 16.5. The Bertz CT molecular complexity index is 441. The molecule has 1 aromatic heterocycles. The Labute approximate surface area is 124 Å². The summed E-state index contributed by atoms with van der Waals surface area (Å²) >= 11 is 0. The molecule has 0 saturated heterocycles. The van der Waals surface area contributed by atoms with E-state index in [9.17, 15) is 0 Å². The van der Waals surface area contributed by atoms with Gasteiger partial charge in [-0.25, -0.2) is 5.84 Å². The summed E-state index contributed by atoms with van der Waals surface area (Å²) in [6.07, 6.45) is 5.01. The van der Waals surface area contributed by atoms with Gasteiger partial charge in [-0.05, 0) is 32.1 Å². The standard InChI is InChI=1S/C13H24N6O2/c1-2-9-21-13-16-11(18-14)15-12(17-13)19(7-4-8-20)10-5-3-6-10/h10,20H,2-9,14H2,1H3,(H,15,16,17,18). The third kappa shape index (κ3) is 4.15. The third-order valence-electron chi connectivity index (χ3n) is 3.50. The minimum absolute atomic E-state index is 0.148. The summed E-state index contributed by atoms with van der Waals surface area (Å²) in [5.41, 5.74) is 2.45. The number of aliphatic hydroxyl groups is 1. The second kappa shape index (κ2) is 7.94. The fraction of sp³-hybridized carbons (Fsp3) is 0.769. The molecule has 0 amide bonds. The molecule has 0 aliphatic heterocycles. The van der Waals surface area contributed by atoms with Crippen LogP contribution < -0.4 is 20.9 Å². The number of nitrogen functional groups attached to an aromatic ring is 1. The molecule has 1 aliphatic rings. The highest BCUT2D eigenvalue weighted by molar-refractivity contribution is 5.39. The van der Waals surface area contributed by atoms with E-state index >= 15 is 0 Å². The zero-order valence-electron chi connectivity index (χ0n) is 12.5. The topological polar surface area (TPSA) is 109 Å². The van der Waals surface area contributed by atoms with Gasteiger partial charge >= 0.3 is 6.01 Å². The molecule has 4 N–H and O–H groups in total. The predicted octanol–water partition coefficient (Wildman–Crippen LogP) is 0.687. The van der Waals surface area contributed by atoms with Gasteiger partial charge in [-0.3, -0.25) is 5.43 Å². The average Bonchev–Trinajstić information content (AvgIpc) is 2.46. The molecule has 0 radical (unpaired) electrons. The first-order valence-electron chi connectivity index (χ1n) is 7.51. The molecule has 1 heterocycles. The van der Waals surface area contributed by atoms with Crippen LogP contribution in [0.25, 0.3) is 0 Å². The second-order valence-corrected chi connectivity index (χ2v) is 5.09. The number of anilines is 2. The van der Waals surface area contributed by atoms with E-state index in [-0.39, 0.29) is 12.6 Å². The Hall–Kier alpha value is -1.67. The molecule has 8 nitrogen and oxygen atoms in total. The van der Waals surface area contributed by atoms with Crippen LogP contribution in [0.3, 0.4) is 0 Å². The minimum atomic E-state index is 0.148. The Morgan fingerprint density at radius 3 is 2.76 bits per heavy atom. The number of nitrogens with two attached hydrogens (primary N) is 1. The normalized spacial score (nSPS) is 14.6. The highest BCUT2D eigenvalue weighted by Crippen LogP contribution is 2.28. The van der Waals surface area contributed by atoms with Gasteiger partial charge in [0, 0.05) is 19.2 Å². The molecule has 1 aliphatic carbocycles. The van der Waals surface area contributed by atoms with Gasteiger partial charge in [0.25, 0.3) is 0 Å². The number of hydrazine groups is 1. The number of hydrogen-bond donors (Lipinski definition) is 3. The Balaban J connectivity index is 2.20. The van der Waals surface area contributed by atoms with Crippen molar-refractivity contribution in [2.45, 2.75) is 45.1 Å². The van der Waals surface area contributed by atoms with E-state index < -0.39 is 0 Å². The van der Waals surface area contributed by atoms with Gasteiger partial charge in [0.05, 0.1) is 6.61 Å². The van der Waals surface area contributed by atoms with Crippen LogP contribution in [0.15, 0.2) is 0 Å². The van der Waals surface area contributed by atoms with Gasteiger partial charge < -0.3 is 14.7 Å². The second-order valence-electron chi connectivity index (χ2n) is 5.09. The quantitative estimate of drug-likeness (QED) is 0.451. The van der Waals surface area contributed by atoms with Crippen molar-refractivity contribution in [2.75, 3.05) is 30.1 Å². The number of ether oxygens (including phenoxy) is 1. The van der Waals surface area contributed by atoms with Gasteiger partial charge in [-0.15, -0.1) is 0 Å². The first kappa shape index (κ1) is 15.7. The molecule has 0 bridgehead atoms. The maximum atomic E-state index is 9.07. The Morgan fingerprint density at radius 1 is 1.38 bits per heavy atom. The van der Waals surface area contributed by atoms with Crippen LogP contribution in [0.5, 0.6) is 6.01 Å². The summed E-state index contributed by atoms with van der Waals surface area (Å²) in [4.78, 5) is 14.9. The zero-order valence-corrected chi connectivity index (χ0v) is 12.5. The molecule has 0 aromatic carbocycles. The molecule has 21 heavy (non-hydrogen) atoms. The van der Waals surface area contributed by atoms with Crippen LogP contribution in [0.2, 0.25) is 0 Å². The fourth-order valence-electron chi connectivity index (χ4n) is 2.18. The van der Waals surface area contributed by atoms with E-state index in [1.54, 1.807) is 0 Å². The lowest BCUT2D eigenvalue weighted by Crippen LogP contribution is -2.42. The molecule has 8 heteroatoms. The van der Waals surface area contributed by atoms with Crippen LogP contribution in [-0.4, -0.2) is 45.9 Å². The Morgan fingerprint density at radius 2 is 2.19 bits per heavy atom. The molecule has 118 valence electrons. The highest BCUT2D eigenvalue weighted by Gasteiger charge is 2.27. The molecule has 0 spiro atoms. The first-order valence-corrected chi connectivity index (χ1v) is 7.51. The van der Waals surface area contributed by atoms with E-state index in [4.69, 9.17) is 15.7 Å². The van der Waals surface area contributed by atoms with E-state index in [2.05, 4.69) is 25.3 Å². The monoisotopic (exact) mass is 296 g/mol. The lowest BCUT2D eigenvalue weighted by Gasteiger charge is -2.37. The van der Waals surface area contributed by atoms with Crippen molar-refractivity contribution >= 4 is 11.9 Å². The summed E-state index contributed by atoms with van der Waals surface area (Å²) in [7, 11) is 0. The predicted molar refractivity (Wildman–Crippen MR) is 80.1 cm³/mol. The number of aliphatic hydroxyl groups excluding tert-OH is 1. The number of nitrogens with zero attached hydrogens (tertiary/aromatic N) is 4. The SMILES string of the molecule is CCCOc1nc(NN)nc(N(CCCO)C2CCC2)n1. The summed E-state index contributed by atoms with van der Waals surface area (Å²) in [6, 6.07) is 0.701. The summed E-state index contributed by atoms with van der Waals surface area (Å²) in [5, 5.41) is 9.07. The lowest BCUT2D eigenvalue weighted by molar-refractivity contribution is 0.280. The van der Waals surface area contributed by atoms with E-state index in [1.165, 1.54) is 6.42 Å². The van der Waals surface area contributed by atoms with Gasteiger partial charge in [0.2, 0.25) is 11.9 Å². The van der Waals surface area contributed by atoms with Gasteiger partial charge in [0.15, 0.2) is 0 Å². The number of rotatable bonds is 9. The van der Waals surface area contributed by atoms with Crippen molar-refractivity contribution in [3.8, 4) is 6.01 Å². The molecule has 1 fully saturated rings. The maximum Gasteiger partial charge on any atom is 0.323 e. The summed E-state index contributed by atoms with van der Waals surface area (Å²) < 4.78 is 5.49. The van der Waals surface area contributed by atoms with Crippen molar-refractivity contribution in [1.82, 2.24) is 15.0 Å². The van der Waals surface area contributed by atoms with Crippen molar-refractivity contribution in [3.05, 3.63) is 0 Å². The smallest absolute Gasteiger partial charge is 0.323 e. The first-order chi connectivity index (χ1) is 10.3. The molecular formula is C13H24N6O2. The van der Waals surface area contributed by atoms with Crippen LogP contribution in [0, 0.1) is 0 Å². The number of nitrogens with one attached hydrogen (secondary N) is 1. The molecule has 2 rings (SSSR count). The Kier molecular flexibility index (Phi) is 5.94. The van der Waals surface area contributed by atoms with Crippen LogP contribution in [0.1, 0.15) is 39.0 Å². The summed E-state index contributed by atoms with van der Waals surface area (Å²) in [5.74, 6) is 6.27. The summed E-state index contributed by atoms with van der Waals surface area (Å²) in [6.45, 7) is 3.43. The van der Waals surface area contributed by atoms with E-state index in [0.717, 1.165) is 19.3 Å². The molecule has 1 aromatic rings. The van der Waals surface area contributed by atoms with E-state index in [1.807, 2.05) is 6.92 Å². The third-order valence-corrected chi connectivity index (χ3v) is 3.50. The molecule has 1 saturated carbocycles. The van der Waals surface area contributed by atoms with Gasteiger partial charge in [-0.1, -0.05) is 6.92 Å². The minimum Gasteiger partial charge on any atom is -0.463 e. The van der Waals surface area contributed by atoms with Gasteiger partial charge in [0.1, 0.15) is 0 Å². The molecular weight excluding hydrogens is 272 g/mol. The van der Waals surface area contributed by atoms with Crippen LogP contribution in [-0.2, 0) is 0 Å². The number of aromatic nitrogens is 3. The average molecular weight is 296 g/mol. The van der Waals surface area contributed by atoms with Crippen LogP contribution >= 0.6 is 0 Å². The fourth-order valence-corrected chi connectivity index (χ4v) is 2.18. The van der Waals surface area contributed by atoms with Crippen molar-refractivity contribution in [1.29, 1.82) is 0 Å². The van der Waals surface area contributed by atoms with Crippen molar-refractivity contribution < 1.29 is 9.84 Å². The van der Waals surface area contributed by atoms with Crippen LogP contribution in [0.4, 0.5) is 11.9 Å². The molecule has 0 atom stereocenters. The van der Waals surface area contributed by atoms with Crippen molar-refractivity contribution in [3.63, 3.8) is 0 Å². The zero-order chi connectivity index (χ0) is 15.1. The van der Waals surface area contributed by atoms with Gasteiger partial charge in [-0.2, -0.15) is 15.0 Å².